The molecule has 1 aliphatic rings. The average molecular weight is 388 g/mol. The molecule has 1 aliphatic carbocycles. The molecule has 0 aliphatic heterocycles. The molecule has 27 heavy (non-hydrogen) atoms. The van der Waals surface area contributed by atoms with Crippen LogP contribution in [0.1, 0.15) is 37.0 Å². The van der Waals surface area contributed by atoms with Crippen molar-refractivity contribution in [3.63, 3.8) is 0 Å². The third-order valence-corrected chi connectivity index (χ3v) is 5.93. The quantitative estimate of drug-likeness (QED) is 0.726. The number of hydrogen-bond acceptors (Lipinski definition) is 4. The van der Waals surface area contributed by atoms with Gasteiger partial charge in [0, 0.05) is 17.3 Å². The predicted molar refractivity (Wildman–Crippen MR) is 105 cm³/mol. The van der Waals surface area contributed by atoms with Crippen molar-refractivity contribution >= 4 is 21.6 Å². The smallest absolute Gasteiger partial charge is 0.261 e. The molecule has 0 unspecified atom stereocenters. The molecule has 3 rings (SSSR count). The van der Waals surface area contributed by atoms with Gasteiger partial charge in [-0.3, -0.25) is 9.52 Å². The van der Waals surface area contributed by atoms with E-state index in [2.05, 4.69) is 10.0 Å². The molecule has 2 aromatic carbocycles. The third-order valence-electron chi connectivity index (χ3n) is 4.53. The number of sulfonamides is 1. The monoisotopic (exact) mass is 388 g/mol. The van der Waals surface area contributed by atoms with Gasteiger partial charge in [-0.2, -0.15) is 0 Å². The van der Waals surface area contributed by atoms with E-state index in [1.807, 2.05) is 13.8 Å². The number of rotatable bonds is 8. The first-order valence-corrected chi connectivity index (χ1v) is 10.5. The third kappa shape index (κ3) is 5.01. The summed E-state index contributed by atoms with van der Waals surface area (Å²) < 4.78 is 32.8. The first kappa shape index (κ1) is 19.2. The normalized spacial score (nSPS) is 15.0. The zero-order valence-electron chi connectivity index (χ0n) is 15.4. The lowest BCUT2D eigenvalue weighted by molar-refractivity contribution is 0.0936. The number of amides is 1. The Kier molecular flexibility index (Phi) is 5.70. The Hall–Kier alpha value is -2.54. The van der Waals surface area contributed by atoms with Crippen LogP contribution in [0.5, 0.6) is 5.75 Å². The maximum atomic E-state index is 12.5. The van der Waals surface area contributed by atoms with Crippen molar-refractivity contribution in [2.24, 2.45) is 5.92 Å². The van der Waals surface area contributed by atoms with E-state index in [0.29, 0.717) is 29.5 Å². The lowest BCUT2D eigenvalue weighted by Crippen LogP contribution is -2.33. The van der Waals surface area contributed by atoms with E-state index in [9.17, 15) is 13.2 Å². The van der Waals surface area contributed by atoms with E-state index >= 15 is 0 Å². The molecule has 1 atom stereocenters. The van der Waals surface area contributed by atoms with Crippen LogP contribution in [0, 0.1) is 5.92 Å². The molecule has 144 valence electrons. The molecule has 0 heterocycles. The summed E-state index contributed by atoms with van der Waals surface area (Å²) in [7, 11) is -3.71. The fraction of sp³-hybridized carbons (Fsp3) is 0.350. The molecule has 1 amide bonds. The maximum Gasteiger partial charge on any atom is 0.261 e. The van der Waals surface area contributed by atoms with Crippen LogP contribution in [-0.4, -0.2) is 27.0 Å². The molecule has 6 nitrogen and oxygen atoms in total. The fourth-order valence-corrected chi connectivity index (χ4v) is 3.85. The summed E-state index contributed by atoms with van der Waals surface area (Å²) in [6, 6.07) is 12.8. The second-order valence-electron chi connectivity index (χ2n) is 6.69. The highest BCUT2D eigenvalue weighted by Crippen LogP contribution is 2.32. The summed E-state index contributed by atoms with van der Waals surface area (Å²) in [4.78, 5) is 12.4. The van der Waals surface area contributed by atoms with Gasteiger partial charge in [0.15, 0.2) is 0 Å². The van der Waals surface area contributed by atoms with Gasteiger partial charge < -0.3 is 10.1 Å². The highest BCUT2D eigenvalue weighted by molar-refractivity contribution is 7.92. The summed E-state index contributed by atoms with van der Waals surface area (Å²) in [5.41, 5.74) is 0.905. The molecule has 2 N–H and O–H groups in total. The SMILES string of the molecule is CCOc1ccc(S(=O)(=O)Nc2ccc(C(=O)N[C@H](C)C3CC3)cc2)cc1. The number of anilines is 1. The largest absolute Gasteiger partial charge is 0.494 e. The van der Waals surface area contributed by atoms with Crippen LogP contribution in [0.3, 0.4) is 0 Å². The molecule has 1 fully saturated rings. The molecule has 0 bridgehead atoms. The van der Waals surface area contributed by atoms with Gasteiger partial charge >= 0.3 is 0 Å². The number of ether oxygens (including phenoxy) is 1. The number of benzene rings is 2. The van der Waals surface area contributed by atoms with Gasteiger partial charge in [-0.1, -0.05) is 0 Å². The van der Waals surface area contributed by atoms with E-state index in [1.165, 1.54) is 12.1 Å². The van der Waals surface area contributed by atoms with Gasteiger partial charge in [0.2, 0.25) is 0 Å². The van der Waals surface area contributed by atoms with Crippen molar-refractivity contribution in [2.75, 3.05) is 11.3 Å². The van der Waals surface area contributed by atoms with Crippen molar-refractivity contribution in [3.05, 3.63) is 54.1 Å². The molecule has 0 spiro atoms. The standard InChI is InChI=1S/C20H24N2O4S/c1-3-26-18-10-12-19(13-11-18)27(24,25)22-17-8-6-16(7-9-17)20(23)21-14(2)15-4-5-15/h6-15,22H,3-5H2,1-2H3,(H,21,23)/t14-/m1/s1. The van der Waals surface area contributed by atoms with Gasteiger partial charge in [0.1, 0.15) is 5.75 Å². The fourth-order valence-electron chi connectivity index (χ4n) is 2.79. The molecule has 0 radical (unpaired) electrons. The van der Waals surface area contributed by atoms with Gasteiger partial charge in [-0.05, 0) is 81.1 Å². The van der Waals surface area contributed by atoms with Crippen molar-refractivity contribution in [3.8, 4) is 5.75 Å². The van der Waals surface area contributed by atoms with E-state index in [0.717, 1.165) is 12.8 Å². The molecule has 0 saturated heterocycles. The second kappa shape index (κ2) is 8.00. The molecule has 1 saturated carbocycles. The van der Waals surface area contributed by atoms with Gasteiger partial charge in [-0.15, -0.1) is 0 Å². The molecule has 7 heteroatoms. The first-order valence-electron chi connectivity index (χ1n) is 9.05. The summed E-state index contributed by atoms with van der Waals surface area (Å²) in [5, 5.41) is 2.98. The minimum Gasteiger partial charge on any atom is -0.494 e. The Morgan fingerprint density at radius 3 is 2.30 bits per heavy atom. The summed E-state index contributed by atoms with van der Waals surface area (Å²) in [6.45, 7) is 4.39. The molecular formula is C20H24N2O4S. The van der Waals surface area contributed by atoms with Crippen LogP contribution >= 0.6 is 0 Å². The molecule has 2 aromatic rings. The van der Waals surface area contributed by atoms with E-state index in [-0.39, 0.29) is 16.8 Å². The minimum absolute atomic E-state index is 0.143. The van der Waals surface area contributed by atoms with E-state index < -0.39 is 10.0 Å². The number of hydrogen-bond donors (Lipinski definition) is 2. The van der Waals surface area contributed by atoms with Crippen molar-refractivity contribution in [1.29, 1.82) is 0 Å². The Bertz CT molecular complexity index is 889. The lowest BCUT2D eigenvalue weighted by Gasteiger charge is -2.13. The minimum atomic E-state index is -3.71. The predicted octanol–water partition coefficient (Wildman–Crippen LogP) is 3.41. The van der Waals surface area contributed by atoms with Crippen LogP contribution in [0.15, 0.2) is 53.4 Å². The molecular weight excluding hydrogens is 364 g/mol. The maximum absolute atomic E-state index is 12.5. The van der Waals surface area contributed by atoms with Gasteiger partial charge in [0.05, 0.1) is 11.5 Å². The Labute approximate surface area is 160 Å². The topological polar surface area (TPSA) is 84.5 Å². The lowest BCUT2D eigenvalue weighted by atomic mass is 10.1. The summed E-state index contributed by atoms with van der Waals surface area (Å²) >= 11 is 0. The van der Waals surface area contributed by atoms with Crippen LogP contribution in [0.25, 0.3) is 0 Å². The van der Waals surface area contributed by atoms with Crippen molar-refractivity contribution < 1.29 is 17.9 Å². The Balaban J connectivity index is 1.65. The second-order valence-corrected chi connectivity index (χ2v) is 8.37. The molecule has 0 aromatic heterocycles. The summed E-state index contributed by atoms with van der Waals surface area (Å²) in [5.74, 6) is 1.05. The van der Waals surface area contributed by atoms with Crippen molar-refractivity contribution in [1.82, 2.24) is 5.32 Å². The van der Waals surface area contributed by atoms with Crippen LogP contribution in [0.2, 0.25) is 0 Å². The number of carbonyl (C=O) groups excluding carboxylic acids is 1. The highest BCUT2D eigenvalue weighted by atomic mass is 32.2. The Morgan fingerprint density at radius 2 is 1.74 bits per heavy atom. The van der Waals surface area contributed by atoms with E-state index in [1.54, 1.807) is 36.4 Å². The first-order chi connectivity index (χ1) is 12.9. The number of nitrogens with one attached hydrogen (secondary N) is 2. The van der Waals surface area contributed by atoms with Crippen molar-refractivity contribution in [2.45, 2.75) is 37.6 Å². The Morgan fingerprint density at radius 1 is 1.11 bits per heavy atom. The van der Waals surface area contributed by atoms with Gasteiger partial charge in [0.25, 0.3) is 15.9 Å². The zero-order valence-corrected chi connectivity index (χ0v) is 16.3. The zero-order chi connectivity index (χ0) is 19.4. The highest BCUT2D eigenvalue weighted by Gasteiger charge is 2.29. The van der Waals surface area contributed by atoms with Gasteiger partial charge in [-0.25, -0.2) is 8.42 Å². The summed E-state index contributed by atoms with van der Waals surface area (Å²) in [6.07, 6.45) is 2.32. The number of carbonyl (C=O) groups is 1. The van der Waals surface area contributed by atoms with Crippen LogP contribution in [-0.2, 0) is 10.0 Å². The van der Waals surface area contributed by atoms with Crippen LogP contribution < -0.4 is 14.8 Å². The van der Waals surface area contributed by atoms with Crippen LogP contribution in [0.4, 0.5) is 5.69 Å². The average Bonchev–Trinajstić information content (AvgIpc) is 3.48. The van der Waals surface area contributed by atoms with E-state index in [4.69, 9.17) is 4.74 Å².